The van der Waals surface area contributed by atoms with Crippen molar-refractivity contribution in [1.29, 1.82) is 0 Å². The first-order chi connectivity index (χ1) is 18.4. The number of sulfonamides is 1. The number of aromatic nitrogens is 3. The molecule has 3 aromatic rings. The van der Waals surface area contributed by atoms with E-state index in [-0.39, 0.29) is 5.69 Å². The molecule has 1 amide bonds. The third kappa shape index (κ3) is 5.02. The summed E-state index contributed by atoms with van der Waals surface area (Å²) in [5, 5.41) is 6.03. The van der Waals surface area contributed by atoms with Crippen molar-refractivity contribution in [3.05, 3.63) is 47.8 Å². The molecule has 1 aromatic carbocycles. The first kappa shape index (κ1) is 25.3. The molecule has 1 N–H and O–H groups in total. The molecular weight excluding hydrogens is 504 g/mol. The molecule has 2 aromatic heterocycles. The predicted molar refractivity (Wildman–Crippen MR) is 145 cm³/mol. The van der Waals surface area contributed by atoms with Crippen molar-refractivity contribution in [3.8, 4) is 5.69 Å². The summed E-state index contributed by atoms with van der Waals surface area (Å²) in [7, 11) is -3.74. The molecule has 3 aliphatic rings. The van der Waals surface area contributed by atoms with Crippen LogP contribution in [-0.2, 0) is 14.8 Å². The standard InChI is InChI=1S/C27H34N6O4S/c1-38(35,36)30-27(34)22-18-23(32-12-10-20(11-13-32)31-14-16-37-17-15-31)24-25(19-6-5-7-19)29-33(26(24)28-22)21-8-3-2-4-9-21/h2-4,8-9,18-20H,5-7,10-17H2,1H3,(H,30,34). The fourth-order valence-electron chi connectivity index (χ4n) is 5.84. The van der Waals surface area contributed by atoms with Crippen LogP contribution in [0.3, 0.4) is 0 Å². The van der Waals surface area contributed by atoms with Gasteiger partial charge >= 0.3 is 0 Å². The number of carbonyl (C=O) groups is 1. The molecular formula is C27H34N6O4S. The van der Waals surface area contributed by atoms with Gasteiger partial charge in [0.2, 0.25) is 10.0 Å². The lowest BCUT2D eigenvalue weighted by molar-refractivity contribution is 0.0115. The van der Waals surface area contributed by atoms with Gasteiger partial charge in [-0.1, -0.05) is 24.6 Å². The minimum Gasteiger partial charge on any atom is -0.379 e. The van der Waals surface area contributed by atoms with E-state index < -0.39 is 15.9 Å². The lowest BCUT2D eigenvalue weighted by Crippen LogP contribution is -2.49. The molecule has 0 spiro atoms. The predicted octanol–water partition coefficient (Wildman–Crippen LogP) is 2.68. The maximum atomic E-state index is 13.0. The smallest absolute Gasteiger partial charge is 0.283 e. The number of para-hydroxylation sites is 1. The lowest BCUT2D eigenvalue weighted by Gasteiger charge is -2.41. The Labute approximate surface area is 223 Å². The van der Waals surface area contributed by atoms with E-state index >= 15 is 0 Å². The summed E-state index contributed by atoms with van der Waals surface area (Å²) >= 11 is 0. The van der Waals surface area contributed by atoms with Crippen LogP contribution in [-0.4, -0.2) is 85.7 Å². The highest BCUT2D eigenvalue weighted by Gasteiger charge is 2.32. The number of amides is 1. The molecule has 3 fully saturated rings. The second kappa shape index (κ2) is 10.3. The molecule has 0 atom stereocenters. The first-order valence-corrected chi connectivity index (χ1v) is 15.3. The Morgan fingerprint density at radius 3 is 2.37 bits per heavy atom. The van der Waals surface area contributed by atoms with Gasteiger partial charge in [-0.05, 0) is 43.9 Å². The SMILES string of the molecule is CS(=O)(=O)NC(=O)c1cc(N2CCC(N3CCOCC3)CC2)c2c(C3CCC3)nn(-c3ccccc3)c2n1. The number of fused-ring (bicyclic) bond motifs is 1. The van der Waals surface area contributed by atoms with Crippen molar-refractivity contribution < 1.29 is 17.9 Å². The number of carbonyl (C=O) groups excluding carboxylic acids is 1. The summed E-state index contributed by atoms with van der Waals surface area (Å²) in [6.45, 7) is 5.19. The van der Waals surface area contributed by atoms with Crippen LogP contribution in [0.25, 0.3) is 16.7 Å². The van der Waals surface area contributed by atoms with E-state index in [9.17, 15) is 13.2 Å². The maximum absolute atomic E-state index is 13.0. The quantitative estimate of drug-likeness (QED) is 0.510. The Morgan fingerprint density at radius 1 is 1.03 bits per heavy atom. The molecule has 0 bridgehead atoms. The van der Waals surface area contributed by atoms with Gasteiger partial charge in [0.15, 0.2) is 5.65 Å². The normalized spacial score (nSPS) is 20.0. The zero-order chi connectivity index (χ0) is 26.3. The number of nitrogens with zero attached hydrogens (tertiary/aromatic N) is 5. The number of benzene rings is 1. The van der Waals surface area contributed by atoms with E-state index in [1.54, 1.807) is 6.07 Å². The highest BCUT2D eigenvalue weighted by Crippen LogP contribution is 2.43. The van der Waals surface area contributed by atoms with Crippen molar-refractivity contribution in [2.45, 2.75) is 44.1 Å². The molecule has 4 heterocycles. The molecule has 1 aliphatic carbocycles. The molecule has 10 nitrogen and oxygen atoms in total. The van der Waals surface area contributed by atoms with E-state index in [1.165, 1.54) is 6.42 Å². The van der Waals surface area contributed by atoms with Crippen LogP contribution < -0.4 is 9.62 Å². The molecule has 38 heavy (non-hydrogen) atoms. The summed E-state index contributed by atoms with van der Waals surface area (Å²) in [4.78, 5) is 22.6. The summed E-state index contributed by atoms with van der Waals surface area (Å²) in [5.74, 6) is -0.380. The van der Waals surface area contributed by atoms with Gasteiger partial charge in [-0.15, -0.1) is 0 Å². The zero-order valence-electron chi connectivity index (χ0n) is 21.7. The van der Waals surface area contributed by atoms with Gasteiger partial charge in [0.1, 0.15) is 5.69 Å². The van der Waals surface area contributed by atoms with Crippen LogP contribution in [0.5, 0.6) is 0 Å². The van der Waals surface area contributed by atoms with Crippen LogP contribution in [0, 0.1) is 0 Å². The number of ether oxygens (including phenoxy) is 1. The van der Waals surface area contributed by atoms with E-state index in [2.05, 4.69) is 14.5 Å². The number of nitrogens with one attached hydrogen (secondary N) is 1. The molecule has 0 radical (unpaired) electrons. The van der Waals surface area contributed by atoms with Crippen LogP contribution in [0.1, 0.15) is 54.2 Å². The lowest BCUT2D eigenvalue weighted by atomic mass is 9.82. The molecule has 202 valence electrons. The molecule has 0 unspecified atom stereocenters. The summed E-state index contributed by atoms with van der Waals surface area (Å²) in [6.07, 6.45) is 6.34. The molecule has 6 rings (SSSR count). The number of hydrogen-bond acceptors (Lipinski definition) is 8. The minimum atomic E-state index is -3.74. The van der Waals surface area contributed by atoms with Gasteiger partial charge in [-0.3, -0.25) is 9.69 Å². The Balaban J connectivity index is 1.44. The second-order valence-corrected chi connectivity index (χ2v) is 12.3. The monoisotopic (exact) mass is 538 g/mol. The van der Waals surface area contributed by atoms with E-state index in [0.29, 0.717) is 17.6 Å². The average Bonchev–Trinajstić information content (AvgIpc) is 3.26. The molecule has 1 saturated carbocycles. The number of anilines is 1. The van der Waals surface area contributed by atoms with E-state index in [1.807, 2.05) is 35.0 Å². The van der Waals surface area contributed by atoms with Crippen LogP contribution in [0.15, 0.2) is 36.4 Å². The van der Waals surface area contributed by atoms with E-state index in [4.69, 9.17) is 14.8 Å². The van der Waals surface area contributed by atoms with Crippen LogP contribution in [0.2, 0.25) is 0 Å². The van der Waals surface area contributed by atoms with E-state index in [0.717, 1.165) is 93.8 Å². The number of pyridine rings is 1. The highest BCUT2D eigenvalue weighted by atomic mass is 32.2. The summed E-state index contributed by atoms with van der Waals surface area (Å²) in [5.41, 5.74) is 3.45. The third-order valence-corrected chi connectivity index (χ3v) is 8.57. The average molecular weight is 539 g/mol. The van der Waals surface area contributed by atoms with Crippen molar-refractivity contribution in [1.82, 2.24) is 24.4 Å². The topological polar surface area (TPSA) is 110 Å². The van der Waals surface area contributed by atoms with Crippen molar-refractivity contribution in [2.75, 3.05) is 50.5 Å². The van der Waals surface area contributed by atoms with Gasteiger partial charge in [0.05, 0.1) is 41.9 Å². The summed E-state index contributed by atoms with van der Waals surface area (Å²) < 4.78 is 33.2. The third-order valence-electron chi connectivity index (χ3n) is 8.01. The van der Waals surface area contributed by atoms with Gasteiger partial charge < -0.3 is 9.64 Å². The van der Waals surface area contributed by atoms with Gasteiger partial charge in [-0.25, -0.2) is 22.8 Å². The number of hydrogen-bond donors (Lipinski definition) is 1. The highest BCUT2D eigenvalue weighted by molar-refractivity contribution is 7.89. The van der Waals surface area contributed by atoms with Gasteiger partial charge in [0, 0.05) is 38.1 Å². The van der Waals surface area contributed by atoms with Gasteiger partial charge in [0.25, 0.3) is 5.91 Å². The molecule has 2 saturated heterocycles. The summed E-state index contributed by atoms with van der Waals surface area (Å²) in [6, 6.07) is 12.1. The fourth-order valence-corrected chi connectivity index (χ4v) is 6.28. The van der Waals surface area contributed by atoms with Crippen LogP contribution in [0.4, 0.5) is 5.69 Å². The first-order valence-electron chi connectivity index (χ1n) is 13.5. The number of morpholine rings is 1. The second-order valence-electron chi connectivity index (χ2n) is 10.6. The van der Waals surface area contributed by atoms with Crippen LogP contribution >= 0.6 is 0 Å². The Morgan fingerprint density at radius 2 is 1.74 bits per heavy atom. The zero-order valence-corrected chi connectivity index (χ0v) is 22.5. The Bertz CT molecular complexity index is 1420. The number of rotatable bonds is 6. The van der Waals surface area contributed by atoms with Crippen molar-refractivity contribution in [2.24, 2.45) is 0 Å². The Hall–Kier alpha value is -3.02. The fraction of sp³-hybridized carbons (Fsp3) is 0.519. The van der Waals surface area contributed by atoms with Gasteiger partial charge in [-0.2, -0.15) is 5.10 Å². The minimum absolute atomic E-state index is 0.0745. The Kier molecular flexibility index (Phi) is 6.83. The number of piperidine rings is 1. The maximum Gasteiger partial charge on any atom is 0.283 e. The largest absolute Gasteiger partial charge is 0.379 e. The van der Waals surface area contributed by atoms with Crippen molar-refractivity contribution >= 4 is 32.7 Å². The molecule has 11 heteroatoms. The van der Waals surface area contributed by atoms with Crippen molar-refractivity contribution in [3.63, 3.8) is 0 Å². The molecule has 2 aliphatic heterocycles.